The number of carbonyl (C=O) groups is 1. The molecule has 7 heteroatoms. The molecule has 0 fully saturated rings. The summed E-state index contributed by atoms with van der Waals surface area (Å²) < 4.78 is 26.4. The Kier molecular flexibility index (Phi) is 3.30. The van der Waals surface area contributed by atoms with Gasteiger partial charge in [0, 0.05) is 12.4 Å². The fourth-order valence-electron chi connectivity index (χ4n) is 1.54. The molecule has 0 amide bonds. The van der Waals surface area contributed by atoms with Crippen molar-refractivity contribution in [1.29, 1.82) is 0 Å². The lowest BCUT2D eigenvalue weighted by Crippen LogP contribution is -2.13. The highest BCUT2D eigenvalue weighted by atomic mass is 32.2. The minimum atomic E-state index is -3.71. The van der Waals surface area contributed by atoms with E-state index in [-0.39, 0.29) is 16.1 Å². The maximum absolute atomic E-state index is 12.0. The van der Waals surface area contributed by atoms with Crippen molar-refractivity contribution >= 4 is 21.7 Å². The number of nitrogens with one attached hydrogen (secondary N) is 2. The number of aromatic nitrogens is 1. The van der Waals surface area contributed by atoms with Crippen molar-refractivity contribution in [2.75, 3.05) is 4.72 Å². The number of hydrogen-bond donors (Lipinski definition) is 3. The Bertz CT molecular complexity index is 705. The minimum absolute atomic E-state index is 0.0253. The zero-order valence-corrected chi connectivity index (χ0v) is 10.9. The molecule has 3 N–H and O–H groups in total. The van der Waals surface area contributed by atoms with Gasteiger partial charge < -0.3 is 10.1 Å². The lowest BCUT2D eigenvalue weighted by molar-refractivity contribution is 0.0697. The molecule has 0 unspecified atom stereocenters. The average Bonchev–Trinajstić information content (AvgIpc) is 2.85. The summed E-state index contributed by atoms with van der Waals surface area (Å²) in [5.74, 6) is -1.11. The molecule has 2 aromatic rings. The summed E-state index contributed by atoms with van der Waals surface area (Å²) in [5.41, 5.74) is 0.919. The van der Waals surface area contributed by atoms with Gasteiger partial charge in [-0.1, -0.05) is 6.07 Å². The van der Waals surface area contributed by atoms with Crippen LogP contribution in [-0.2, 0) is 10.0 Å². The third-order valence-corrected chi connectivity index (χ3v) is 3.97. The Morgan fingerprint density at radius 2 is 2.05 bits per heavy atom. The largest absolute Gasteiger partial charge is 0.478 e. The van der Waals surface area contributed by atoms with E-state index in [2.05, 4.69) is 9.71 Å². The quantitative estimate of drug-likeness (QED) is 0.795. The number of rotatable bonds is 4. The third-order valence-electron chi connectivity index (χ3n) is 2.61. The number of aromatic carboxylic acids is 1. The number of carboxylic acid groups (broad SMARTS) is 1. The molecule has 0 radical (unpaired) electrons. The van der Waals surface area contributed by atoms with E-state index < -0.39 is 16.0 Å². The predicted molar refractivity (Wildman–Crippen MR) is 69.7 cm³/mol. The first kappa shape index (κ1) is 13.2. The van der Waals surface area contributed by atoms with Crippen molar-refractivity contribution in [3.63, 3.8) is 0 Å². The number of H-pyrrole nitrogens is 1. The van der Waals surface area contributed by atoms with Crippen molar-refractivity contribution < 1.29 is 18.3 Å². The Labute approximate surface area is 110 Å². The molecule has 100 valence electrons. The maximum atomic E-state index is 12.0. The third kappa shape index (κ3) is 2.76. The van der Waals surface area contributed by atoms with Crippen LogP contribution in [0.3, 0.4) is 0 Å². The van der Waals surface area contributed by atoms with Gasteiger partial charge in [-0.3, -0.25) is 4.72 Å². The number of sulfonamides is 1. The van der Waals surface area contributed by atoms with E-state index in [1.807, 2.05) is 0 Å². The van der Waals surface area contributed by atoms with E-state index in [1.54, 1.807) is 13.0 Å². The lowest BCUT2D eigenvalue weighted by atomic mass is 10.1. The Morgan fingerprint density at radius 1 is 1.32 bits per heavy atom. The first-order valence-corrected chi connectivity index (χ1v) is 6.88. The summed E-state index contributed by atoms with van der Waals surface area (Å²) in [6, 6.07) is 5.69. The molecule has 19 heavy (non-hydrogen) atoms. The highest BCUT2D eigenvalue weighted by molar-refractivity contribution is 7.92. The second-order valence-electron chi connectivity index (χ2n) is 3.99. The minimum Gasteiger partial charge on any atom is -0.478 e. The van der Waals surface area contributed by atoms with Crippen molar-refractivity contribution in [1.82, 2.24) is 4.98 Å². The molecular formula is C12H12N2O4S. The number of hydrogen-bond acceptors (Lipinski definition) is 3. The van der Waals surface area contributed by atoms with Gasteiger partial charge in [0.2, 0.25) is 0 Å². The van der Waals surface area contributed by atoms with Crippen LogP contribution in [0.4, 0.5) is 5.69 Å². The first-order chi connectivity index (χ1) is 8.90. The van der Waals surface area contributed by atoms with Gasteiger partial charge in [0.05, 0.1) is 11.3 Å². The van der Waals surface area contributed by atoms with Crippen molar-refractivity contribution in [2.24, 2.45) is 0 Å². The van der Waals surface area contributed by atoms with E-state index in [1.165, 1.54) is 30.6 Å². The molecule has 0 spiro atoms. The van der Waals surface area contributed by atoms with Crippen LogP contribution in [0.5, 0.6) is 0 Å². The number of carboxylic acids is 1. The zero-order chi connectivity index (χ0) is 14.0. The van der Waals surface area contributed by atoms with Gasteiger partial charge in [-0.05, 0) is 30.7 Å². The van der Waals surface area contributed by atoms with Crippen molar-refractivity contribution in [3.8, 4) is 0 Å². The normalized spacial score (nSPS) is 11.2. The van der Waals surface area contributed by atoms with Gasteiger partial charge in [0.15, 0.2) is 0 Å². The van der Waals surface area contributed by atoms with E-state index in [0.717, 1.165) is 0 Å². The van der Waals surface area contributed by atoms with Crippen LogP contribution in [-0.4, -0.2) is 24.5 Å². The summed E-state index contributed by atoms with van der Waals surface area (Å²) >= 11 is 0. The Hall–Kier alpha value is -2.28. The van der Waals surface area contributed by atoms with Gasteiger partial charge >= 0.3 is 5.97 Å². The van der Waals surface area contributed by atoms with E-state index in [9.17, 15) is 13.2 Å². The first-order valence-electron chi connectivity index (χ1n) is 5.40. The fraction of sp³-hybridized carbons (Fsp3) is 0.0833. The molecule has 0 aliphatic heterocycles. The van der Waals surface area contributed by atoms with Crippen LogP contribution >= 0.6 is 0 Å². The summed E-state index contributed by atoms with van der Waals surface area (Å²) in [7, 11) is -3.71. The van der Waals surface area contributed by atoms with Gasteiger partial charge in [0.1, 0.15) is 4.90 Å². The SMILES string of the molecule is Cc1ccc(C(=O)O)cc1NS(=O)(=O)c1cc[nH]c1. The van der Waals surface area contributed by atoms with Crippen molar-refractivity contribution in [2.45, 2.75) is 11.8 Å². The van der Waals surface area contributed by atoms with Gasteiger partial charge in [-0.25, -0.2) is 13.2 Å². The van der Waals surface area contributed by atoms with Crippen LogP contribution in [0.25, 0.3) is 0 Å². The van der Waals surface area contributed by atoms with Gasteiger partial charge in [0.25, 0.3) is 10.0 Å². The van der Waals surface area contributed by atoms with Gasteiger partial charge in [-0.15, -0.1) is 0 Å². The second kappa shape index (κ2) is 4.77. The molecule has 0 saturated carbocycles. The number of aromatic amines is 1. The molecule has 1 aromatic heterocycles. The highest BCUT2D eigenvalue weighted by Crippen LogP contribution is 2.21. The Balaban J connectivity index is 2.39. The molecular weight excluding hydrogens is 268 g/mol. The molecule has 1 heterocycles. The molecule has 6 nitrogen and oxygen atoms in total. The molecule has 1 aromatic carbocycles. The Morgan fingerprint density at radius 3 is 2.63 bits per heavy atom. The number of aryl methyl sites for hydroxylation is 1. The van der Waals surface area contributed by atoms with Crippen LogP contribution in [0.2, 0.25) is 0 Å². The van der Waals surface area contributed by atoms with Crippen molar-refractivity contribution in [3.05, 3.63) is 47.8 Å². The fourth-order valence-corrected chi connectivity index (χ4v) is 2.64. The molecule has 0 bridgehead atoms. The topological polar surface area (TPSA) is 99.3 Å². The standard InChI is InChI=1S/C12H12N2O4S/c1-8-2-3-9(12(15)16)6-11(8)14-19(17,18)10-4-5-13-7-10/h2-7,13-14H,1H3,(H,15,16). The smallest absolute Gasteiger partial charge is 0.335 e. The zero-order valence-electron chi connectivity index (χ0n) is 10.0. The van der Waals surface area contributed by atoms with Crippen LogP contribution in [0.15, 0.2) is 41.6 Å². The molecule has 0 saturated heterocycles. The molecule has 0 aliphatic rings. The monoisotopic (exact) mass is 280 g/mol. The molecule has 0 atom stereocenters. The van der Waals surface area contributed by atoms with Gasteiger partial charge in [-0.2, -0.15) is 0 Å². The molecule has 0 aliphatic carbocycles. The molecule has 2 rings (SSSR count). The average molecular weight is 280 g/mol. The maximum Gasteiger partial charge on any atom is 0.335 e. The number of benzene rings is 1. The van der Waals surface area contributed by atoms with Crippen LogP contribution in [0.1, 0.15) is 15.9 Å². The predicted octanol–water partition coefficient (Wildman–Crippen LogP) is 1.82. The van der Waals surface area contributed by atoms with Crippen LogP contribution in [0, 0.1) is 6.92 Å². The van der Waals surface area contributed by atoms with E-state index >= 15 is 0 Å². The highest BCUT2D eigenvalue weighted by Gasteiger charge is 2.16. The number of anilines is 1. The van der Waals surface area contributed by atoms with E-state index in [4.69, 9.17) is 5.11 Å². The van der Waals surface area contributed by atoms with E-state index in [0.29, 0.717) is 5.56 Å². The van der Waals surface area contributed by atoms with Crippen LogP contribution < -0.4 is 4.72 Å². The summed E-state index contributed by atoms with van der Waals surface area (Å²) in [6.45, 7) is 1.70. The summed E-state index contributed by atoms with van der Waals surface area (Å²) in [5, 5.41) is 8.90. The summed E-state index contributed by atoms with van der Waals surface area (Å²) in [6.07, 6.45) is 2.84. The second-order valence-corrected chi connectivity index (χ2v) is 5.67. The lowest BCUT2D eigenvalue weighted by Gasteiger charge is -2.10. The summed E-state index contributed by atoms with van der Waals surface area (Å²) in [4.78, 5) is 13.6.